The number of aryl methyl sites for hydroxylation is 3. The Labute approximate surface area is 93.4 Å². The maximum atomic E-state index is 11.8. The number of aromatic nitrogens is 4. The highest BCUT2D eigenvalue weighted by atomic mass is 16.1. The molecule has 16 heavy (non-hydrogen) atoms. The summed E-state index contributed by atoms with van der Waals surface area (Å²) in [5, 5.41) is 0. The summed E-state index contributed by atoms with van der Waals surface area (Å²) in [5.41, 5.74) is 1.68. The fourth-order valence-corrected chi connectivity index (χ4v) is 1.71. The molecular formula is C11H14N4O. The molecule has 0 saturated carbocycles. The van der Waals surface area contributed by atoms with E-state index in [0.29, 0.717) is 11.6 Å². The first-order chi connectivity index (χ1) is 7.49. The molecule has 0 aliphatic carbocycles. The van der Waals surface area contributed by atoms with Gasteiger partial charge in [0.05, 0.1) is 0 Å². The zero-order valence-corrected chi connectivity index (χ0v) is 9.85. The molecule has 5 nitrogen and oxygen atoms in total. The third-order valence-electron chi connectivity index (χ3n) is 2.52. The Morgan fingerprint density at radius 2 is 1.81 bits per heavy atom. The summed E-state index contributed by atoms with van der Waals surface area (Å²) >= 11 is 0. The number of hydrogen-bond acceptors (Lipinski definition) is 3. The van der Waals surface area contributed by atoms with Crippen LogP contribution in [-0.4, -0.2) is 19.3 Å². The Bertz CT molecular complexity index is 574. The van der Waals surface area contributed by atoms with Crippen LogP contribution in [0.5, 0.6) is 0 Å². The molecule has 5 heteroatoms. The van der Waals surface area contributed by atoms with Crippen molar-refractivity contribution >= 4 is 0 Å². The van der Waals surface area contributed by atoms with Gasteiger partial charge >= 0.3 is 0 Å². The van der Waals surface area contributed by atoms with Gasteiger partial charge in [-0.2, -0.15) is 4.68 Å². The molecule has 0 bridgehead atoms. The predicted octanol–water partition coefficient (Wildman–Crippen LogP) is 0.891. The SMILES string of the molecule is Cc1cc(-n2c(=O)cc(C)n2C)nc(C)n1. The third-order valence-corrected chi connectivity index (χ3v) is 2.52. The fourth-order valence-electron chi connectivity index (χ4n) is 1.71. The molecule has 2 rings (SSSR count). The Hall–Kier alpha value is -1.91. The predicted molar refractivity (Wildman–Crippen MR) is 60.8 cm³/mol. The van der Waals surface area contributed by atoms with Crippen LogP contribution >= 0.6 is 0 Å². The second kappa shape index (κ2) is 3.59. The summed E-state index contributed by atoms with van der Waals surface area (Å²) < 4.78 is 3.32. The first-order valence-corrected chi connectivity index (χ1v) is 5.07. The first-order valence-electron chi connectivity index (χ1n) is 5.07. The summed E-state index contributed by atoms with van der Waals surface area (Å²) in [6, 6.07) is 3.39. The van der Waals surface area contributed by atoms with E-state index in [2.05, 4.69) is 9.97 Å². The van der Waals surface area contributed by atoms with Crippen LogP contribution in [0.3, 0.4) is 0 Å². The molecule has 0 saturated heterocycles. The van der Waals surface area contributed by atoms with Crippen LogP contribution in [0.4, 0.5) is 0 Å². The average Bonchev–Trinajstić information content (AvgIpc) is 2.39. The highest BCUT2D eigenvalue weighted by molar-refractivity contribution is 5.24. The molecular weight excluding hydrogens is 204 g/mol. The molecule has 0 amide bonds. The lowest BCUT2D eigenvalue weighted by Gasteiger charge is -2.08. The second-order valence-electron chi connectivity index (χ2n) is 3.87. The summed E-state index contributed by atoms with van der Waals surface area (Å²) in [4.78, 5) is 20.2. The minimum Gasteiger partial charge on any atom is -0.284 e. The van der Waals surface area contributed by atoms with Crippen LogP contribution in [0.1, 0.15) is 17.2 Å². The average molecular weight is 218 g/mol. The van der Waals surface area contributed by atoms with Crippen LogP contribution in [-0.2, 0) is 7.05 Å². The van der Waals surface area contributed by atoms with Crippen molar-refractivity contribution in [2.24, 2.45) is 7.05 Å². The Balaban J connectivity index is 2.72. The molecule has 2 aromatic heterocycles. The number of nitrogens with zero attached hydrogens (tertiary/aromatic N) is 4. The molecule has 84 valence electrons. The molecule has 0 spiro atoms. The van der Waals surface area contributed by atoms with Crippen molar-refractivity contribution in [2.45, 2.75) is 20.8 Å². The van der Waals surface area contributed by atoms with E-state index in [4.69, 9.17) is 0 Å². The van der Waals surface area contributed by atoms with Gasteiger partial charge in [0.1, 0.15) is 5.82 Å². The molecule has 2 heterocycles. The smallest absolute Gasteiger partial charge is 0.273 e. The normalized spacial score (nSPS) is 10.8. The molecule has 0 atom stereocenters. The fraction of sp³-hybridized carbons (Fsp3) is 0.364. The molecule has 0 aromatic carbocycles. The number of rotatable bonds is 1. The lowest BCUT2D eigenvalue weighted by atomic mass is 10.4. The summed E-state index contributed by atoms with van der Waals surface area (Å²) in [6.45, 7) is 5.59. The summed E-state index contributed by atoms with van der Waals surface area (Å²) in [7, 11) is 1.84. The molecule has 0 fully saturated rings. The maximum Gasteiger partial charge on any atom is 0.273 e. The van der Waals surface area contributed by atoms with Gasteiger partial charge in [0.15, 0.2) is 5.82 Å². The van der Waals surface area contributed by atoms with Crippen LogP contribution in [0.15, 0.2) is 16.9 Å². The lowest BCUT2D eigenvalue weighted by molar-refractivity contribution is 0.615. The van der Waals surface area contributed by atoms with Crippen molar-refractivity contribution in [3.63, 3.8) is 0 Å². The maximum absolute atomic E-state index is 11.8. The largest absolute Gasteiger partial charge is 0.284 e. The topological polar surface area (TPSA) is 52.7 Å². The van der Waals surface area contributed by atoms with Crippen molar-refractivity contribution in [1.29, 1.82) is 0 Å². The van der Waals surface area contributed by atoms with Crippen LogP contribution in [0.25, 0.3) is 5.82 Å². The Morgan fingerprint density at radius 3 is 2.31 bits per heavy atom. The molecule has 0 unspecified atom stereocenters. The van der Waals surface area contributed by atoms with E-state index in [1.54, 1.807) is 16.8 Å². The zero-order valence-electron chi connectivity index (χ0n) is 9.85. The van der Waals surface area contributed by atoms with Gasteiger partial charge in [0, 0.05) is 30.6 Å². The van der Waals surface area contributed by atoms with Crippen molar-refractivity contribution < 1.29 is 0 Å². The van der Waals surface area contributed by atoms with Gasteiger partial charge in [0.2, 0.25) is 0 Å². The second-order valence-corrected chi connectivity index (χ2v) is 3.87. The zero-order chi connectivity index (χ0) is 11.9. The van der Waals surface area contributed by atoms with Gasteiger partial charge < -0.3 is 0 Å². The van der Waals surface area contributed by atoms with E-state index in [1.165, 1.54) is 4.68 Å². The molecule has 0 aliphatic rings. The summed E-state index contributed by atoms with van der Waals surface area (Å²) in [6.07, 6.45) is 0. The lowest BCUT2D eigenvalue weighted by Crippen LogP contribution is -2.21. The van der Waals surface area contributed by atoms with E-state index in [1.807, 2.05) is 27.8 Å². The van der Waals surface area contributed by atoms with E-state index in [0.717, 1.165) is 11.4 Å². The Kier molecular flexibility index (Phi) is 2.38. The van der Waals surface area contributed by atoms with E-state index in [-0.39, 0.29) is 5.56 Å². The highest BCUT2D eigenvalue weighted by Gasteiger charge is 2.09. The van der Waals surface area contributed by atoms with Crippen molar-refractivity contribution in [1.82, 2.24) is 19.3 Å². The highest BCUT2D eigenvalue weighted by Crippen LogP contribution is 2.05. The van der Waals surface area contributed by atoms with Gasteiger partial charge in [-0.25, -0.2) is 9.97 Å². The van der Waals surface area contributed by atoms with Crippen LogP contribution in [0, 0.1) is 20.8 Å². The molecule has 0 radical (unpaired) electrons. The van der Waals surface area contributed by atoms with Gasteiger partial charge in [-0.1, -0.05) is 0 Å². The van der Waals surface area contributed by atoms with Crippen LogP contribution in [0.2, 0.25) is 0 Å². The van der Waals surface area contributed by atoms with Gasteiger partial charge in [-0.15, -0.1) is 0 Å². The van der Waals surface area contributed by atoms with Crippen LogP contribution < -0.4 is 5.56 Å². The minimum atomic E-state index is -0.0718. The summed E-state index contributed by atoms with van der Waals surface area (Å²) in [5.74, 6) is 1.28. The van der Waals surface area contributed by atoms with Crippen molar-refractivity contribution in [3.05, 3.63) is 39.7 Å². The standard InChI is InChI=1S/C11H14N4O/c1-7-5-10(13-9(3)12-7)15-11(16)6-8(2)14(15)4/h5-6H,1-4H3. The van der Waals surface area contributed by atoms with E-state index >= 15 is 0 Å². The van der Waals surface area contributed by atoms with Gasteiger partial charge in [-0.3, -0.25) is 9.48 Å². The monoisotopic (exact) mass is 218 g/mol. The van der Waals surface area contributed by atoms with E-state index < -0.39 is 0 Å². The van der Waals surface area contributed by atoms with E-state index in [9.17, 15) is 4.79 Å². The quantitative estimate of drug-likeness (QED) is 0.714. The number of hydrogen-bond donors (Lipinski definition) is 0. The van der Waals surface area contributed by atoms with Crippen molar-refractivity contribution in [2.75, 3.05) is 0 Å². The third kappa shape index (κ3) is 1.64. The van der Waals surface area contributed by atoms with Gasteiger partial charge in [-0.05, 0) is 20.8 Å². The van der Waals surface area contributed by atoms with Crippen molar-refractivity contribution in [3.8, 4) is 5.82 Å². The van der Waals surface area contributed by atoms with Gasteiger partial charge in [0.25, 0.3) is 5.56 Å². The first kappa shape index (κ1) is 10.6. The molecule has 0 aliphatic heterocycles. The Morgan fingerprint density at radius 1 is 1.12 bits per heavy atom. The molecule has 2 aromatic rings. The molecule has 0 N–H and O–H groups in total. The minimum absolute atomic E-state index is 0.0718.